The second kappa shape index (κ2) is 7.67. The number of benzene rings is 2. The molecule has 1 atom stereocenters. The number of aryl methyl sites for hydroxylation is 2. The average Bonchev–Trinajstić information content (AvgIpc) is 2.90. The molecular formula is C23H25BrN2O3. The lowest BCUT2D eigenvalue weighted by Gasteiger charge is -2.42. The van der Waals surface area contributed by atoms with Crippen molar-refractivity contribution in [2.45, 2.75) is 38.1 Å². The highest BCUT2D eigenvalue weighted by atomic mass is 79.9. The molecule has 5 nitrogen and oxygen atoms in total. The van der Waals surface area contributed by atoms with Crippen molar-refractivity contribution in [2.24, 2.45) is 0 Å². The number of Topliss-reactive ketones (excluding diaryl/α,β-unsaturated/α-hetero) is 1. The Morgan fingerprint density at radius 1 is 1.03 bits per heavy atom. The fraction of sp³-hybridized carbons (Fsp3) is 0.391. The fourth-order valence-corrected chi connectivity index (χ4v) is 5.61. The van der Waals surface area contributed by atoms with Crippen molar-refractivity contribution in [3.8, 4) is 0 Å². The molecule has 0 N–H and O–H groups in total. The van der Waals surface area contributed by atoms with Crippen LogP contribution in [0.2, 0.25) is 0 Å². The Balaban J connectivity index is 1.85. The molecule has 1 amide bonds. The van der Waals surface area contributed by atoms with E-state index in [4.69, 9.17) is 4.84 Å². The van der Waals surface area contributed by atoms with Gasteiger partial charge >= 0.3 is 0 Å². The van der Waals surface area contributed by atoms with Gasteiger partial charge in [0.25, 0.3) is 0 Å². The fourth-order valence-electron chi connectivity index (χ4n) is 4.92. The highest BCUT2D eigenvalue weighted by Gasteiger charge is 2.60. The SMILES string of the molecule is CON1CCC2(CC1)C(=O)C(c1c(C)cc(Br)cc1C)C(=O)N2c1ccccc1. The summed E-state index contributed by atoms with van der Waals surface area (Å²) in [6.45, 7) is 5.17. The number of nitrogens with zero attached hydrogens (tertiary/aromatic N) is 2. The number of anilines is 1. The van der Waals surface area contributed by atoms with Crippen molar-refractivity contribution in [2.75, 3.05) is 25.1 Å². The van der Waals surface area contributed by atoms with Crippen molar-refractivity contribution in [3.63, 3.8) is 0 Å². The van der Waals surface area contributed by atoms with Crippen LogP contribution in [0.25, 0.3) is 0 Å². The lowest BCUT2D eigenvalue weighted by molar-refractivity contribution is -0.155. The summed E-state index contributed by atoms with van der Waals surface area (Å²) in [5.74, 6) is -0.881. The zero-order valence-corrected chi connectivity index (χ0v) is 18.5. The molecular weight excluding hydrogens is 432 g/mol. The Bertz CT molecular complexity index is 929. The number of carbonyl (C=O) groups is 2. The maximum Gasteiger partial charge on any atom is 0.243 e. The third kappa shape index (κ3) is 3.23. The molecule has 4 rings (SSSR count). The van der Waals surface area contributed by atoms with Gasteiger partial charge in [0.15, 0.2) is 5.78 Å². The molecule has 2 aromatic rings. The van der Waals surface area contributed by atoms with Gasteiger partial charge in [-0.05, 0) is 67.6 Å². The minimum atomic E-state index is -0.829. The minimum absolute atomic E-state index is 0.00984. The van der Waals surface area contributed by atoms with Crippen molar-refractivity contribution >= 4 is 33.3 Å². The summed E-state index contributed by atoms with van der Waals surface area (Å²) >= 11 is 3.52. The molecule has 152 valence electrons. The molecule has 1 spiro atoms. The Morgan fingerprint density at radius 2 is 1.62 bits per heavy atom. The molecule has 0 radical (unpaired) electrons. The molecule has 0 saturated carbocycles. The first kappa shape index (κ1) is 20.3. The van der Waals surface area contributed by atoms with Crippen LogP contribution in [-0.4, -0.2) is 42.5 Å². The maximum atomic E-state index is 13.9. The van der Waals surface area contributed by atoms with Gasteiger partial charge < -0.3 is 4.84 Å². The predicted molar refractivity (Wildman–Crippen MR) is 116 cm³/mol. The lowest BCUT2D eigenvalue weighted by Crippen LogP contribution is -2.56. The van der Waals surface area contributed by atoms with Crippen molar-refractivity contribution < 1.29 is 14.4 Å². The number of piperidine rings is 1. The normalized spacial score (nSPS) is 21.9. The van der Waals surface area contributed by atoms with E-state index in [1.165, 1.54) is 0 Å². The Hall–Kier alpha value is -2.02. The number of hydroxylamine groups is 2. The van der Waals surface area contributed by atoms with E-state index in [1.807, 2.05) is 61.4 Å². The monoisotopic (exact) mass is 456 g/mol. The van der Waals surface area contributed by atoms with Gasteiger partial charge in [-0.15, -0.1) is 0 Å². The average molecular weight is 457 g/mol. The third-order valence-electron chi connectivity index (χ3n) is 6.29. The van der Waals surface area contributed by atoms with Crippen LogP contribution < -0.4 is 4.90 Å². The molecule has 2 aromatic carbocycles. The molecule has 0 bridgehead atoms. The van der Waals surface area contributed by atoms with E-state index in [-0.39, 0.29) is 11.7 Å². The number of carbonyl (C=O) groups excluding carboxylic acids is 2. The maximum absolute atomic E-state index is 13.9. The van der Waals surface area contributed by atoms with E-state index in [9.17, 15) is 9.59 Å². The predicted octanol–water partition coefficient (Wildman–Crippen LogP) is 4.16. The van der Waals surface area contributed by atoms with E-state index in [0.29, 0.717) is 25.9 Å². The van der Waals surface area contributed by atoms with E-state index < -0.39 is 11.5 Å². The van der Waals surface area contributed by atoms with Crippen LogP contribution in [0.4, 0.5) is 5.69 Å². The van der Waals surface area contributed by atoms with Crippen molar-refractivity contribution in [1.82, 2.24) is 5.06 Å². The van der Waals surface area contributed by atoms with Gasteiger partial charge in [0.1, 0.15) is 11.5 Å². The summed E-state index contributed by atoms with van der Waals surface area (Å²) in [5, 5.41) is 1.86. The standard InChI is InChI=1S/C23H25BrN2O3/c1-15-13-17(24)14-16(2)19(15)20-21(27)23(9-11-25(29-3)12-10-23)26(22(20)28)18-7-5-4-6-8-18/h4-8,13-14,20H,9-12H2,1-3H3. The van der Waals surface area contributed by atoms with Gasteiger partial charge in [-0.2, -0.15) is 5.06 Å². The van der Waals surface area contributed by atoms with Gasteiger partial charge in [-0.3, -0.25) is 14.5 Å². The smallest absolute Gasteiger partial charge is 0.243 e. The van der Waals surface area contributed by atoms with E-state index >= 15 is 0 Å². The summed E-state index contributed by atoms with van der Waals surface area (Å²) in [4.78, 5) is 34.9. The summed E-state index contributed by atoms with van der Waals surface area (Å²) < 4.78 is 0.956. The lowest BCUT2D eigenvalue weighted by atomic mass is 9.78. The molecule has 2 aliphatic heterocycles. The summed E-state index contributed by atoms with van der Waals surface area (Å²) in [7, 11) is 1.64. The van der Waals surface area contributed by atoms with E-state index in [0.717, 1.165) is 26.9 Å². The molecule has 0 aliphatic carbocycles. The van der Waals surface area contributed by atoms with Crippen LogP contribution in [0, 0.1) is 13.8 Å². The van der Waals surface area contributed by atoms with Crippen LogP contribution in [0.1, 0.15) is 35.4 Å². The molecule has 2 saturated heterocycles. The zero-order valence-electron chi connectivity index (χ0n) is 16.9. The van der Waals surface area contributed by atoms with Gasteiger partial charge in [-0.25, -0.2) is 0 Å². The highest BCUT2D eigenvalue weighted by Crippen LogP contribution is 2.47. The third-order valence-corrected chi connectivity index (χ3v) is 6.74. The van der Waals surface area contributed by atoms with Crippen LogP contribution >= 0.6 is 15.9 Å². The first-order chi connectivity index (χ1) is 13.9. The molecule has 29 heavy (non-hydrogen) atoms. The first-order valence-electron chi connectivity index (χ1n) is 9.88. The number of halogens is 1. The van der Waals surface area contributed by atoms with Crippen LogP contribution in [-0.2, 0) is 14.4 Å². The number of amides is 1. The van der Waals surface area contributed by atoms with Crippen molar-refractivity contribution in [1.29, 1.82) is 0 Å². The summed E-state index contributed by atoms with van der Waals surface area (Å²) in [6, 6.07) is 13.5. The van der Waals surface area contributed by atoms with Gasteiger partial charge in [-0.1, -0.05) is 34.1 Å². The quantitative estimate of drug-likeness (QED) is 0.650. The zero-order chi connectivity index (χ0) is 20.8. The van der Waals surface area contributed by atoms with Crippen LogP contribution in [0.5, 0.6) is 0 Å². The van der Waals surface area contributed by atoms with Gasteiger partial charge in [0, 0.05) is 23.2 Å². The Morgan fingerprint density at radius 3 is 2.17 bits per heavy atom. The number of hydrogen-bond acceptors (Lipinski definition) is 4. The van der Waals surface area contributed by atoms with Gasteiger partial charge in [0.2, 0.25) is 5.91 Å². The molecule has 6 heteroatoms. The Kier molecular flexibility index (Phi) is 5.36. The second-order valence-electron chi connectivity index (χ2n) is 7.90. The second-order valence-corrected chi connectivity index (χ2v) is 8.82. The Labute approximate surface area is 179 Å². The largest absolute Gasteiger partial charge is 0.302 e. The van der Waals surface area contributed by atoms with Crippen molar-refractivity contribution in [3.05, 3.63) is 63.6 Å². The number of rotatable bonds is 3. The van der Waals surface area contributed by atoms with Crippen LogP contribution in [0.3, 0.4) is 0 Å². The molecule has 0 aromatic heterocycles. The number of para-hydroxylation sites is 1. The molecule has 2 heterocycles. The highest BCUT2D eigenvalue weighted by molar-refractivity contribution is 9.10. The summed E-state index contributed by atoms with van der Waals surface area (Å²) in [5.41, 5.74) is 2.72. The summed E-state index contributed by atoms with van der Waals surface area (Å²) in [6.07, 6.45) is 1.12. The number of ketones is 1. The topological polar surface area (TPSA) is 49.9 Å². The molecule has 2 aliphatic rings. The minimum Gasteiger partial charge on any atom is -0.302 e. The molecule has 1 unspecified atom stereocenters. The van der Waals surface area contributed by atoms with Crippen LogP contribution in [0.15, 0.2) is 46.9 Å². The van der Waals surface area contributed by atoms with Gasteiger partial charge in [0.05, 0.1) is 7.11 Å². The first-order valence-corrected chi connectivity index (χ1v) is 10.7. The van der Waals surface area contributed by atoms with E-state index in [1.54, 1.807) is 12.0 Å². The molecule has 2 fully saturated rings. The number of hydrogen-bond donors (Lipinski definition) is 0. The van der Waals surface area contributed by atoms with E-state index in [2.05, 4.69) is 15.9 Å².